The van der Waals surface area contributed by atoms with E-state index in [1.165, 1.54) is 23.8 Å². The molecule has 0 radical (unpaired) electrons. The average Bonchev–Trinajstić information content (AvgIpc) is 2.95. The van der Waals surface area contributed by atoms with Gasteiger partial charge in [-0.15, -0.1) is 0 Å². The summed E-state index contributed by atoms with van der Waals surface area (Å²) in [5.41, 5.74) is 3.12. The van der Waals surface area contributed by atoms with Crippen molar-refractivity contribution in [3.05, 3.63) is 22.7 Å². The molecule has 0 saturated heterocycles. The number of halogens is 1. The lowest BCUT2D eigenvalue weighted by atomic mass is 9.84. The molecule has 2 heterocycles. The van der Waals surface area contributed by atoms with Crippen LogP contribution in [0.1, 0.15) is 36.9 Å². The summed E-state index contributed by atoms with van der Waals surface area (Å²) in [5.74, 6) is 0.492. The molecule has 1 amide bonds. The van der Waals surface area contributed by atoms with Crippen LogP contribution in [0.25, 0.3) is 11.0 Å². The predicted octanol–water partition coefficient (Wildman–Crippen LogP) is 2.05. The number of rotatable bonds is 7. The number of aromatic nitrogens is 3. The Morgan fingerprint density at radius 1 is 1.42 bits per heavy atom. The highest BCUT2D eigenvalue weighted by Gasteiger charge is 2.24. The first kappa shape index (κ1) is 19.1. The van der Waals surface area contributed by atoms with Gasteiger partial charge in [-0.25, -0.2) is 18.4 Å². The van der Waals surface area contributed by atoms with E-state index in [1.54, 1.807) is 0 Å². The lowest BCUT2D eigenvalue weighted by Crippen LogP contribution is -2.26. The summed E-state index contributed by atoms with van der Waals surface area (Å²) >= 11 is 6.24. The standard InChI is InChI=1S/C17H23ClN4O3S/c1-26(24,25)8-2-7-19-14(23)6-4-11-3-5-13-12(9-11)15-16(18)20-10-21-17(15)22-13/h10-11H,2-9H2,1H3,(H,19,23)(H,20,21,22). The third kappa shape index (κ3) is 4.73. The summed E-state index contributed by atoms with van der Waals surface area (Å²) in [6, 6.07) is 0. The Bertz CT molecular complexity index is 910. The summed E-state index contributed by atoms with van der Waals surface area (Å²) < 4.78 is 22.1. The van der Waals surface area contributed by atoms with E-state index < -0.39 is 9.84 Å². The predicted molar refractivity (Wildman–Crippen MR) is 101 cm³/mol. The van der Waals surface area contributed by atoms with E-state index in [0.717, 1.165) is 36.7 Å². The zero-order valence-corrected chi connectivity index (χ0v) is 16.3. The van der Waals surface area contributed by atoms with Crippen molar-refractivity contribution in [3.8, 4) is 0 Å². The van der Waals surface area contributed by atoms with E-state index in [1.807, 2.05) is 0 Å². The molecule has 0 saturated carbocycles. The Morgan fingerprint density at radius 3 is 3.00 bits per heavy atom. The van der Waals surface area contributed by atoms with E-state index in [-0.39, 0.29) is 11.7 Å². The van der Waals surface area contributed by atoms with Crippen LogP contribution in [0.15, 0.2) is 6.33 Å². The summed E-state index contributed by atoms with van der Waals surface area (Å²) in [6.07, 6.45) is 7.16. The van der Waals surface area contributed by atoms with Gasteiger partial charge >= 0.3 is 0 Å². The maximum atomic E-state index is 12.0. The summed E-state index contributed by atoms with van der Waals surface area (Å²) in [4.78, 5) is 23.6. The number of carbonyl (C=O) groups excluding carboxylic acids is 1. The van der Waals surface area contributed by atoms with Crippen molar-refractivity contribution in [2.75, 3.05) is 18.6 Å². The van der Waals surface area contributed by atoms with E-state index in [0.29, 0.717) is 30.5 Å². The van der Waals surface area contributed by atoms with Crippen LogP contribution in [0.5, 0.6) is 0 Å². The van der Waals surface area contributed by atoms with Gasteiger partial charge in [-0.2, -0.15) is 0 Å². The van der Waals surface area contributed by atoms with Gasteiger partial charge in [0.2, 0.25) is 5.91 Å². The second-order valence-corrected chi connectivity index (χ2v) is 9.57. The number of H-pyrrole nitrogens is 1. The van der Waals surface area contributed by atoms with Crippen LogP contribution in [-0.4, -0.2) is 47.8 Å². The normalized spacial score (nSPS) is 17.2. The highest BCUT2D eigenvalue weighted by atomic mass is 35.5. The fraction of sp³-hybridized carbons (Fsp3) is 0.588. The van der Waals surface area contributed by atoms with Crippen LogP contribution in [0.3, 0.4) is 0 Å². The van der Waals surface area contributed by atoms with Crippen LogP contribution >= 0.6 is 11.6 Å². The fourth-order valence-electron chi connectivity index (χ4n) is 3.51. The minimum absolute atomic E-state index is 0.0235. The Morgan fingerprint density at radius 2 is 2.23 bits per heavy atom. The zero-order chi connectivity index (χ0) is 18.7. The molecule has 0 aliphatic heterocycles. The van der Waals surface area contributed by atoms with Crippen LogP contribution < -0.4 is 5.32 Å². The molecule has 2 N–H and O–H groups in total. The average molecular weight is 399 g/mol. The van der Waals surface area contributed by atoms with Crippen molar-refractivity contribution in [1.82, 2.24) is 20.3 Å². The quantitative estimate of drug-likeness (QED) is 0.548. The first-order valence-electron chi connectivity index (χ1n) is 8.78. The topological polar surface area (TPSA) is 105 Å². The summed E-state index contributed by atoms with van der Waals surface area (Å²) in [5, 5.41) is 4.17. The molecule has 142 valence electrons. The van der Waals surface area contributed by atoms with Gasteiger partial charge in [0.15, 0.2) is 0 Å². The Kier molecular flexibility index (Phi) is 5.82. The number of hydrogen-bond acceptors (Lipinski definition) is 5. The number of nitrogens with zero attached hydrogens (tertiary/aromatic N) is 2. The highest BCUT2D eigenvalue weighted by Crippen LogP contribution is 2.35. The highest BCUT2D eigenvalue weighted by molar-refractivity contribution is 7.90. The molecule has 1 aliphatic carbocycles. The SMILES string of the molecule is CS(=O)(=O)CCCNC(=O)CCC1CCc2[nH]c3ncnc(Cl)c3c2C1. The van der Waals surface area contributed by atoms with Gasteiger partial charge in [-0.05, 0) is 43.6 Å². The Hall–Kier alpha value is -1.67. The third-order valence-electron chi connectivity index (χ3n) is 4.83. The Labute approximate surface area is 157 Å². The van der Waals surface area contributed by atoms with E-state index in [2.05, 4.69) is 20.3 Å². The number of amides is 1. The maximum Gasteiger partial charge on any atom is 0.220 e. The molecule has 7 nitrogen and oxygen atoms in total. The number of hydrogen-bond donors (Lipinski definition) is 2. The number of sulfone groups is 1. The fourth-order valence-corrected chi connectivity index (χ4v) is 4.42. The minimum atomic E-state index is -2.97. The van der Waals surface area contributed by atoms with Crippen molar-refractivity contribution in [2.24, 2.45) is 5.92 Å². The van der Waals surface area contributed by atoms with Crippen molar-refractivity contribution in [3.63, 3.8) is 0 Å². The number of aromatic amines is 1. The van der Waals surface area contributed by atoms with Crippen molar-refractivity contribution in [1.29, 1.82) is 0 Å². The second-order valence-electron chi connectivity index (χ2n) is 6.95. The van der Waals surface area contributed by atoms with E-state index in [4.69, 9.17) is 11.6 Å². The van der Waals surface area contributed by atoms with Gasteiger partial charge < -0.3 is 10.3 Å². The lowest BCUT2D eigenvalue weighted by Gasteiger charge is -2.22. The monoisotopic (exact) mass is 398 g/mol. The molecule has 0 aromatic carbocycles. The molecule has 0 fully saturated rings. The molecule has 1 aliphatic rings. The molecule has 2 aromatic rings. The van der Waals surface area contributed by atoms with Gasteiger partial charge in [0.05, 0.1) is 11.1 Å². The van der Waals surface area contributed by atoms with Gasteiger partial charge in [-0.3, -0.25) is 4.79 Å². The summed E-state index contributed by atoms with van der Waals surface area (Å²) in [6.45, 7) is 0.399. The van der Waals surface area contributed by atoms with Gasteiger partial charge in [-0.1, -0.05) is 11.6 Å². The number of aryl methyl sites for hydroxylation is 1. The molecule has 1 atom stereocenters. The lowest BCUT2D eigenvalue weighted by molar-refractivity contribution is -0.121. The molecule has 26 heavy (non-hydrogen) atoms. The maximum absolute atomic E-state index is 12.0. The summed E-state index contributed by atoms with van der Waals surface area (Å²) in [7, 11) is -2.97. The van der Waals surface area contributed by atoms with Gasteiger partial charge in [0.25, 0.3) is 0 Å². The first-order chi connectivity index (χ1) is 12.3. The number of fused-ring (bicyclic) bond motifs is 3. The smallest absolute Gasteiger partial charge is 0.220 e. The van der Waals surface area contributed by atoms with Crippen LogP contribution in [0.4, 0.5) is 0 Å². The van der Waals surface area contributed by atoms with Crippen molar-refractivity contribution < 1.29 is 13.2 Å². The molecule has 3 rings (SSSR count). The molecular weight excluding hydrogens is 376 g/mol. The number of carbonyl (C=O) groups is 1. The zero-order valence-electron chi connectivity index (χ0n) is 14.7. The van der Waals surface area contributed by atoms with Crippen LogP contribution in [-0.2, 0) is 27.5 Å². The molecule has 2 aromatic heterocycles. The van der Waals surface area contributed by atoms with Crippen molar-refractivity contribution in [2.45, 2.75) is 38.5 Å². The molecule has 9 heteroatoms. The minimum Gasteiger partial charge on any atom is -0.356 e. The van der Waals surface area contributed by atoms with Crippen LogP contribution in [0, 0.1) is 5.92 Å². The van der Waals surface area contributed by atoms with Crippen molar-refractivity contribution >= 4 is 38.4 Å². The molecule has 0 spiro atoms. The molecular formula is C17H23ClN4O3S. The van der Waals surface area contributed by atoms with Gasteiger partial charge in [0.1, 0.15) is 27.0 Å². The van der Waals surface area contributed by atoms with Gasteiger partial charge in [0, 0.05) is 24.9 Å². The van der Waals surface area contributed by atoms with E-state index in [9.17, 15) is 13.2 Å². The second kappa shape index (κ2) is 7.92. The largest absolute Gasteiger partial charge is 0.356 e. The molecule has 0 bridgehead atoms. The Balaban J connectivity index is 1.50. The van der Waals surface area contributed by atoms with Crippen LogP contribution in [0.2, 0.25) is 5.15 Å². The van der Waals surface area contributed by atoms with E-state index >= 15 is 0 Å². The number of nitrogens with one attached hydrogen (secondary N) is 2. The molecule has 1 unspecified atom stereocenters. The third-order valence-corrected chi connectivity index (χ3v) is 6.14. The first-order valence-corrected chi connectivity index (χ1v) is 11.2.